The molecule has 2 aromatic rings. The summed E-state index contributed by atoms with van der Waals surface area (Å²) >= 11 is 0. The lowest BCUT2D eigenvalue weighted by Crippen LogP contribution is -2.49. The minimum Gasteiger partial charge on any atom is -0.481 e. The van der Waals surface area contributed by atoms with Crippen molar-refractivity contribution in [1.82, 2.24) is 19.6 Å². The predicted molar refractivity (Wildman–Crippen MR) is 107 cm³/mol. The molecule has 6 saturated carbocycles. The largest absolute Gasteiger partial charge is 0.481 e. The van der Waals surface area contributed by atoms with Crippen molar-refractivity contribution in [2.24, 2.45) is 37.8 Å². The van der Waals surface area contributed by atoms with E-state index in [4.69, 9.17) is 0 Å². The number of aryl methyl sites for hydroxylation is 2. The van der Waals surface area contributed by atoms with Crippen molar-refractivity contribution in [2.45, 2.75) is 49.4 Å². The molecule has 0 spiro atoms. The molecule has 30 heavy (non-hydrogen) atoms. The maximum atomic E-state index is 11.2. The van der Waals surface area contributed by atoms with Crippen molar-refractivity contribution in [2.75, 3.05) is 0 Å². The van der Waals surface area contributed by atoms with Crippen LogP contribution in [0, 0.1) is 23.7 Å². The average Bonchev–Trinajstić information content (AvgIpc) is 3.43. The third-order valence-corrected chi connectivity index (χ3v) is 8.50. The van der Waals surface area contributed by atoms with Crippen molar-refractivity contribution in [1.29, 1.82) is 0 Å². The number of nitrogens with zero attached hydrogens (tertiary/aromatic N) is 4. The maximum absolute atomic E-state index is 11.2. The first kappa shape index (κ1) is 19.3. The van der Waals surface area contributed by atoms with Gasteiger partial charge in [0, 0.05) is 48.7 Å². The maximum Gasteiger partial charge on any atom is 0.307 e. The standard InChI is InChI=1S/2C11H14N2O2/c2*1-13-8(3-5-12-13)11-4-2-7(6-11)9(11)10(14)15/h2*3,5,7,9H,2,4,6H2,1H3,(H,14,15)/t2*7-,9+,11+/m10/s1. The Labute approximate surface area is 174 Å². The molecule has 0 radical (unpaired) electrons. The van der Waals surface area contributed by atoms with Gasteiger partial charge in [0.15, 0.2) is 0 Å². The van der Waals surface area contributed by atoms with Crippen molar-refractivity contribution in [3.63, 3.8) is 0 Å². The predicted octanol–water partition coefficient (Wildman–Crippen LogP) is 2.34. The third-order valence-electron chi connectivity index (χ3n) is 8.50. The summed E-state index contributed by atoms with van der Waals surface area (Å²) in [5.41, 5.74) is 1.98. The monoisotopic (exact) mass is 412 g/mol. The van der Waals surface area contributed by atoms with Gasteiger partial charge in [-0.05, 0) is 62.5 Å². The molecule has 0 aliphatic heterocycles. The van der Waals surface area contributed by atoms with Gasteiger partial charge in [0.25, 0.3) is 0 Å². The Hall–Kier alpha value is -2.64. The van der Waals surface area contributed by atoms with E-state index in [0.717, 1.165) is 49.9 Å². The van der Waals surface area contributed by atoms with Gasteiger partial charge in [-0.25, -0.2) is 0 Å². The van der Waals surface area contributed by atoms with Gasteiger partial charge < -0.3 is 10.2 Å². The SMILES string of the molecule is Cn1nccc1[C@@]12CC[C@@H](C1)[C@@H]2C(=O)O.Cn1nccc1[C@]12CC[C@H](C1)[C@H]2C(=O)O. The zero-order valence-corrected chi connectivity index (χ0v) is 17.4. The molecule has 8 heteroatoms. The average molecular weight is 412 g/mol. The van der Waals surface area contributed by atoms with E-state index >= 15 is 0 Å². The van der Waals surface area contributed by atoms with Crippen LogP contribution in [0.5, 0.6) is 0 Å². The number of carboxylic acid groups (broad SMARTS) is 2. The molecule has 8 rings (SSSR count). The quantitative estimate of drug-likeness (QED) is 0.798. The van der Waals surface area contributed by atoms with Crippen LogP contribution in [0.15, 0.2) is 24.5 Å². The molecule has 6 fully saturated rings. The molecule has 6 aliphatic rings. The number of hydrogen-bond acceptors (Lipinski definition) is 4. The molecular weight excluding hydrogens is 384 g/mol. The van der Waals surface area contributed by atoms with E-state index in [1.165, 1.54) is 0 Å². The highest BCUT2D eigenvalue weighted by Crippen LogP contribution is 2.64. The van der Waals surface area contributed by atoms with E-state index in [9.17, 15) is 19.8 Å². The number of aromatic nitrogens is 4. The number of aliphatic carboxylic acids is 2. The van der Waals surface area contributed by atoms with Gasteiger partial charge >= 0.3 is 11.9 Å². The fourth-order valence-corrected chi connectivity index (χ4v) is 7.33. The minimum atomic E-state index is -0.634. The van der Waals surface area contributed by atoms with E-state index in [2.05, 4.69) is 10.2 Å². The molecule has 2 N–H and O–H groups in total. The van der Waals surface area contributed by atoms with Gasteiger partial charge in [-0.3, -0.25) is 19.0 Å². The lowest BCUT2D eigenvalue weighted by molar-refractivity contribution is -0.151. The molecule has 0 saturated heterocycles. The normalized spacial score (nSPS) is 37.7. The second-order valence-corrected chi connectivity index (χ2v) is 9.63. The first-order valence-corrected chi connectivity index (χ1v) is 10.7. The second-order valence-electron chi connectivity index (χ2n) is 9.63. The molecule has 4 bridgehead atoms. The summed E-state index contributed by atoms with van der Waals surface area (Å²) in [6.07, 6.45) is 9.71. The minimum absolute atomic E-state index is 0.109. The van der Waals surface area contributed by atoms with Crippen LogP contribution >= 0.6 is 0 Å². The van der Waals surface area contributed by atoms with E-state index in [1.807, 2.05) is 35.6 Å². The van der Waals surface area contributed by atoms with Crippen LogP contribution in [0.25, 0.3) is 0 Å². The van der Waals surface area contributed by atoms with Crippen molar-refractivity contribution >= 4 is 11.9 Å². The molecule has 6 aliphatic carbocycles. The highest BCUT2D eigenvalue weighted by molar-refractivity contribution is 5.76. The molecule has 8 nitrogen and oxygen atoms in total. The van der Waals surface area contributed by atoms with Gasteiger partial charge in [-0.15, -0.1) is 0 Å². The van der Waals surface area contributed by atoms with Gasteiger partial charge in [-0.2, -0.15) is 10.2 Å². The summed E-state index contributed by atoms with van der Waals surface area (Å²) in [5, 5.41) is 26.8. The second kappa shape index (κ2) is 6.43. The van der Waals surface area contributed by atoms with Crippen LogP contribution in [0.4, 0.5) is 0 Å². The lowest BCUT2D eigenvalue weighted by Gasteiger charge is -2.44. The van der Waals surface area contributed by atoms with Crippen molar-refractivity contribution < 1.29 is 19.8 Å². The fourth-order valence-electron chi connectivity index (χ4n) is 7.33. The summed E-state index contributed by atoms with van der Waals surface area (Å²) in [7, 11) is 3.79. The topological polar surface area (TPSA) is 110 Å². The van der Waals surface area contributed by atoms with E-state index in [0.29, 0.717) is 11.8 Å². The Bertz CT molecular complexity index is 924. The summed E-state index contributed by atoms with van der Waals surface area (Å²) in [6, 6.07) is 3.94. The first-order valence-electron chi connectivity index (χ1n) is 10.7. The zero-order valence-electron chi connectivity index (χ0n) is 17.4. The molecule has 2 heterocycles. The fraction of sp³-hybridized carbons (Fsp3) is 0.636. The molecule has 0 aromatic carbocycles. The van der Waals surface area contributed by atoms with Crippen LogP contribution < -0.4 is 0 Å². The molecule has 0 amide bonds. The highest BCUT2D eigenvalue weighted by Gasteiger charge is 2.65. The Kier molecular flexibility index (Phi) is 4.14. The van der Waals surface area contributed by atoms with Gasteiger partial charge in [-0.1, -0.05) is 0 Å². The zero-order chi connectivity index (χ0) is 21.3. The molecule has 160 valence electrons. The van der Waals surface area contributed by atoms with E-state index < -0.39 is 11.9 Å². The Morgan fingerprint density at radius 2 is 1.27 bits per heavy atom. The lowest BCUT2D eigenvalue weighted by atomic mass is 9.58. The van der Waals surface area contributed by atoms with Crippen LogP contribution in [0.2, 0.25) is 0 Å². The van der Waals surface area contributed by atoms with E-state index in [-0.39, 0.29) is 22.7 Å². The number of rotatable bonds is 4. The smallest absolute Gasteiger partial charge is 0.307 e. The van der Waals surface area contributed by atoms with Crippen molar-refractivity contribution in [3.8, 4) is 0 Å². The van der Waals surface area contributed by atoms with Crippen molar-refractivity contribution in [3.05, 3.63) is 35.9 Å². The molecule has 0 unspecified atom stereocenters. The van der Waals surface area contributed by atoms with Crippen LogP contribution in [0.1, 0.15) is 49.9 Å². The summed E-state index contributed by atoms with van der Waals surface area (Å²) < 4.78 is 3.66. The summed E-state index contributed by atoms with van der Waals surface area (Å²) in [5.74, 6) is -0.814. The van der Waals surface area contributed by atoms with E-state index in [1.54, 1.807) is 12.4 Å². The Morgan fingerprint density at radius 3 is 1.53 bits per heavy atom. The van der Waals surface area contributed by atoms with Gasteiger partial charge in [0.05, 0.1) is 11.8 Å². The number of carboxylic acids is 2. The van der Waals surface area contributed by atoms with Gasteiger partial charge in [0.2, 0.25) is 0 Å². The van der Waals surface area contributed by atoms with Crippen LogP contribution in [-0.4, -0.2) is 41.7 Å². The summed E-state index contributed by atoms with van der Waals surface area (Å²) in [6.45, 7) is 0. The molecule has 2 aromatic heterocycles. The third kappa shape index (κ3) is 2.39. The van der Waals surface area contributed by atoms with Gasteiger partial charge in [0.1, 0.15) is 0 Å². The Balaban J connectivity index is 0.000000128. The number of carbonyl (C=O) groups is 2. The Morgan fingerprint density at radius 1 is 0.867 bits per heavy atom. The summed E-state index contributed by atoms with van der Waals surface area (Å²) in [4.78, 5) is 22.4. The van der Waals surface area contributed by atoms with Crippen LogP contribution in [0.3, 0.4) is 0 Å². The first-order chi connectivity index (χ1) is 14.3. The number of hydrogen-bond donors (Lipinski definition) is 2. The molecule has 6 atom stereocenters. The number of fused-ring (bicyclic) bond motifs is 2. The highest BCUT2D eigenvalue weighted by atomic mass is 16.4. The molecular formula is C22H28N4O4. The van der Waals surface area contributed by atoms with Crippen LogP contribution in [-0.2, 0) is 34.5 Å².